The van der Waals surface area contributed by atoms with E-state index in [2.05, 4.69) is 0 Å². The molecule has 2 heterocycles. The number of rotatable bonds is 3. The Kier molecular flexibility index (Phi) is 4.97. The highest BCUT2D eigenvalue weighted by Crippen LogP contribution is 2.54. The summed E-state index contributed by atoms with van der Waals surface area (Å²) in [5.41, 5.74) is 3.35. The van der Waals surface area contributed by atoms with Crippen LogP contribution in [0.4, 0.5) is 4.39 Å². The zero-order valence-corrected chi connectivity index (χ0v) is 16.0. The largest absolute Gasteiger partial charge is 0.337 e. The van der Waals surface area contributed by atoms with Crippen LogP contribution in [0.2, 0.25) is 0 Å². The molecule has 0 radical (unpaired) electrons. The van der Waals surface area contributed by atoms with Crippen molar-refractivity contribution in [2.45, 2.75) is 31.7 Å². The van der Waals surface area contributed by atoms with Gasteiger partial charge in [-0.2, -0.15) is 0 Å². The molecule has 4 rings (SSSR count). The van der Waals surface area contributed by atoms with E-state index in [1.807, 2.05) is 18.0 Å². The number of nitrogens with zero attached hydrogens (tertiary/aromatic N) is 2. The van der Waals surface area contributed by atoms with Crippen LogP contribution in [-0.4, -0.2) is 59.5 Å². The van der Waals surface area contributed by atoms with Crippen molar-refractivity contribution >= 4 is 17.4 Å². The van der Waals surface area contributed by atoms with Gasteiger partial charge in [-0.1, -0.05) is 24.3 Å². The number of hydroxylamine groups is 1. The molecule has 28 heavy (non-hydrogen) atoms. The lowest BCUT2D eigenvalue weighted by Crippen LogP contribution is -2.59. The molecule has 7 heteroatoms. The Morgan fingerprint density at radius 1 is 1.29 bits per heavy atom. The van der Waals surface area contributed by atoms with Crippen LogP contribution in [0.15, 0.2) is 30.3 Å². The smallest absolute Gasteiger partial charge is 0.248 e. The fourth-order valence-corrected chi connectivity index (χ4v) is 4.82. The van der Waals surface area contributed by atoms with E-state index >= 15 is 0 Å². The van der Waals surface area contributed by atoms with Gasteiger partial charge in [-0.25, -0.2) is 9.87 Å². The molecule has 6 nitrogen and oxygen atoms in total. The van der Waals surface area contributed by atoms with Crippen molar-refractivity contribution in [3.8, 4) is 0 Å². The molecule has 0 bridgehead atoms. The minimum absolute atomic E-state index is 0.101. The first-order chi connectivity index (χ1) is 13.4. The molecule has 1 aromatic rings. The van der Waals surface area contributed by atoms with Crippen molar-refractivity contribution < 1.29 is 19.2 Å². The van der Waals surface area contributed by atoms with Crippen molar-refractivity contribution in [3.63, 3.8) is 0 Å². The molecule has 1 saturated heterocycles. The highest BCUT2D eigenvalue weighted by atomic mass is 19.1. The second-order valence-electron chi connectivity index (χ2n) is 8.39. The summed E-state index contributed by atoms with van der Waals surface area (Å²) >= 11 is 0. The number of carbonyl (C=O) groups excluding carboxylic acids is 2. The lowest BCUT2D eigenvalue weighted by Gasteiger charge is -2.43. The minimum Gasteiger partial charge on any atom is -0.337 e. The number of likely N-dealkylation sites (tertiary alicyclic amines) is 1. The molecule has 1 aromatic carbocycles. The summed E-state index contributed by atoms with van der Waals surface area (Å²) in [6.07, 6.45) is 5.22. The topological polar surface area (TPSA) is 72.9 Å². The summed E-state index contributed by atoms with van der Waals surface area (Å²) in [6, 6.07) is 6.08. The number of halogens is 1. The quantitative estimate of drug-likeness (QED) is 0.615. The first kappa shape index (κ1) is 19.1. The zero-order valence-electron chi connectivity index (χ0n) is 16.0. The number of amides is 2. The molecule has 1 spiro atoms. The Bertz CT molecular complexity index is 821. The van der Waals surface area contributed by atoms with Crippen LogP contribution < -0.4 is 5.48 Å². The van der Waals surface area contributed by atoms with Crippen molar-refractivity contribution in [1.82, 2.24) is 15.3 Å². The van der Waals surface area contributed by atoms with Crippen LogP contribution in [0.1, 0.15) is 31.2 Å². The summed E-state index contributed by atoms with van der Waals surface area (Å²) in [5.74, 6) is -1.41. The van der Waals surface area contributed by atoms with E-state index in [0.717, 1.165) is 25.0 Å². The van der Waals surface area contributed by atoms with Crippen LogP contribution in [0.5, 0.6) is 0 Å². The van der Waals surface area contributed by atoms with Gasteiger partial charge in [-0.05, 0) is 49.8 Å². The molecule has 150 valence electrons. The standard InChI is InChI=1S/C21H26FN3O3/c1-24-13-21(8-9-21)12-16(19(26)23-28)18(24)20(27)25-10-6-14(7-11-25)15-4-2-3-5-17(15)22/h2-6,16,18,28H,7-13H2,1H3,(H,23,26). The Morgan fingerprint density at radius 3 is 2.64 bits per heavy atom. The fraction of sp³-hybridized carbons (Fsp3) is 0.524. The molecular weight excluding hydrogens is 361 g/mol. The lowest BCUT2D eigenvalue weighted by atomic mass is 9.80. The Labute approximate surface area is 164 Å². The van der Waals surface area contributed by atoms with Crippen LogP contribution in [-0.2, 0) is 9.59 Å². The minimum atomic E-state index is -0.582. The average molecular weight is 387 g/mol. The molecule has 0 aromatic heterocycles. The average Bonchev–Trinajstić information content (AvgIpc) is 3.45. The second kappa shape index (κ2) is 7.29. The van der Waals surface area contributed by atoms with Gasteiger partial charge in [0.05, 0.1) is 5.92 Å². The van der Waals surface area contributed by atoms with Gasteiger partial charge in [0.2, 0.25) is 11.8 Å². The highest BCUT2D eigenvalue weighted by Gasteiger charge is 2.55. The van der Waals surface area contributed by atoms with Gasteiger partial charge in [-0.15, -0.1) is 0 Å². The second-order valence-corrected chi connectivity index (χ2v) is 8.39. The molecule has 2 aliphatic heterocycles. The molecule has 2 fully saturated rings. The lowest BCUT2D eigenvalue weighted by molar-refractivity contribution is -0.150. The third kappa shape index (κ3) is 3.44. The van der Waals surface area contributed by atoms with Gasteiger partial charge in [0.15, 0.2) is 0 Å². The van der Waals surface area contributed by atoms with Crippen molar-refractivity contribution in [2.24, 2.45) is 11.3 Å². The SMILES string of the molecule is CN1CC2(CC2)CC(C(=O)NO)C1C(=O)N1CC=C(c2ccccc2F)CC1. The van der Waals surface area contributed by atoms with E-state index in [4.69, 9.17) is 0 Å². The van der Waals surface area contributed by atoms with Crippen LogP contribution >= 0.6 is 0 Å². The van der Waals surface area contributed by atoms with Crippen molar-refractivity contribution in [1.29, 1.82) is 0 Å². The summed E-state index contributed by atoms with van der Waals surface area (Å²) in [5, 5.41) is 9.17. The number of piperidine rings is 1. The number of carbonyl (C=O) groups is 2. The zero-order chi connectivity index (χ0) is 19.9. The normalized spacial score (nSPS) is 26.7. The van der Waals surface area contributed by atoms with E-state index < -0.39 is 17.9 Å². The predicted octanol–water partition coefficient (Wildman–Crippen LogP) is 2.05. The van der Waals surface area contributed by atoms with Crippen molar-refractivity contribution in [3.05, 3.63) is 41.7 Å². The number of hydrogen-bond acceptors (Lipinski definition) is 4. The maximum absolute atomic E-state index is 14.0. The van der Waals surface area contributed by atoms with Gasteiger partial charge in [0.25, 0.3) is 0 Å². The molecule has 2 N–H and O–H groups in total. The van der Waals surface area contributed by atoms with Crippen molar-refractivity contribution in [2.75, 3.05) is 26.7 Å². The highest BCUT2D eigenvalue weighted by molar-refractivity contribution is 5.90. The van der Waals surface area contributed by atoms with Gasteiger partial charge in [-0.3, -0.25) is 19.7 Å². The molecule has 2 atom stereocenters. The summed E-state index contributed by atoms with van der Waals surface area (Å²) in [4.78, 5) is 29.2. The third-order valence-electron chi connectivity index (χ3n) is 6.49. The number of likely N-dealkylation sites (N-methyl/N-ethyl adjacent to an activating group) is 1. The first-order valence-corrected chi connectivity index (χ1v) is 9.81. The van der Waals surface area contributed by atoms with Gasteiger partial charge in [0, 0.05) is 25.2 Å². The van der Waals surface area contributed by atoms with E-state index in [1.54, 1.807) is 28.6 Å². The van der Waals surface area contributed by atoms with E-state index in [-0.39, 0.29) is 17.1 Å². The number of benzene rings is 1. The third-order valence-corrected chi connectivity index (χ3v) is 6.49. The summed E-state index contributed by atoms with van der Waals surface area (Å²) < 4.78 is 14.0. The number of hydrogen-bond donors (Lipinski definition) is 2. The summed E-state index contributed by atoms with van der Waals surface area (Å²) in [7, 11) is 1.88. The monoisotopic (exact) mass is 387 g/mol. The van der Waals surface area contributed by atoms with Crippen LogP contribution in [0.3, 0.4) is 0 Å². The molecule has 2 amide bonds. The van der Waals surface area contributed by atoms with E-state index in [1.165, 1.54) is 6.07 Å². The van der Waals surface area contributed by atoms with E-state index in [9.17, 15) is 19.2 Å². The summed E-state index contributed by atoms with van der Waals surface area (Å²) in [6.45, 7) is 1.68. The Hall–Kier alpha value is -2.25. The molecular formula is C21H26FN3O3. The van der Waals surface area contributed by atoms with E-state index in [0.29, 0.717) is 31.5 Å². The molecule has 1 saturated carbocycles. The van der Waals surface area contributed by atoms with Gasteiger partial charge in [0.1, 0.15) is 11.9 Å². The first-order valence-electron chi connectivity index (χ1n) is 9.81. The molecule has 1 aliphatic carbocycles. The van der Waals surface area contributed by atoms with Crippen LogP contribution in [0.25, 0.3) is 5.57 Å². The predicted molar refractivity (Wildman–Crippen MR) is 102 cm³/mol. The molecule has 3 aliphatic rings. The Morgan fingerprint density at radius 2 is 2.04 bits per heavy atom. The van der Waals surface area contributed by atoms with Gasteiger partial charge >= 0.3 is 0 Å². The molecule has 2 unspecified atom stereocenters. The maximum Gasteiger partial charge on any atom is 0.248 e. The Balaban J connectivity index is 1.50. The number of nitrogens with one attached hydrogen (secondary N) is 1. The van der Waals surface area contributed by atoms with Gasteiger partial charge < -0.3 is 4.90 Å². The van der Waals surface area contributed by atoms with Crippen LogP contribution in [0, 0.1) is 17.2 Å². The fourth-order valence-electron chi connectivity index (χ4n) is 4.82. The maximum atomic E-state index is 14.0.